The molecule has 0 amide bonds. The Labute approximate surface area is 181 Å². The normalized spacial score (nSPS) is 44.0. The molecule has 0 aromatic carbocycles. The molecule has 4 heteroatoms. The minimum absolute atomic E-state index is 0.333. The molecule has 3 aliphatic carbocycles. The fraction of sp³-hybridized carbons (Fsp3) is 0.769. The molecule has 0 radical (unpaired) electrons. The van der Waals surface area contributed by atoms with E-state index >= 15 is 0 Å². The van der Waals surface area contributed by atoms with Crippen molar-refractivity contribution in [2.75, 3.05) is 19.6 Å². The molecule has 3 nitrogen and oxygen atoms in total. The SMILES string of the molecule is C=C1/C(=C\C=C2/CCC[C@]3(C)[C@@H]([C@@H](C)CN4CC[C@H](F)C4)CC[C@@H]23)CC(O)CC1O. The van der Waals surface area contributed by atoms with Crippen LogP contribution in [0.15, 0.2) is 35.5 Å². The highest BCUT2D eigenvalue weighted by molar-refractivity contribution is 5.38. The number of aliphatic hydroxyl groups is 2. The van der Waals surface area contributed by atoms with Crippen molar-refractivity contribution in [1.29, 1.82) is 0 Å². The molecule has 4 rings (SSSR count). The third-order valence-corrected chi connectivity index (χ3v) is 8.75. The quantitative estimate of drug-likeness (QED) is 0.690. The molecular weight excluding hydrogens is 377 g/mol. The first-order chi connectivity index (χ1) is 14.3. The molecule has 0 aromatic rings. The highest BCUT2D eigenvalue weighted by atomic mass is 19.1. The van der Waals surface area contributed by atoms with Gasteiger partial charge >= 0.3 is 0 Å². The third kappa shape index (κ3) is 4.33. The predicted molar refractivity (Wildman–Crippen MR) is 120 cm³/mol. The Hall–Kier alpha value is -0.970. The second kappa shape index (κ2) is 8.88. The topological polar surface area (TPSA) is 43.7 Å². The summed E-state index contributed by atoms with van der Waals surface area (Å²) in [7, 11) is 0. The summed E-state index contributed by atoms with van der Waals surface area (Å²) in [6.45, 7) is 11.5. The van der Waals surface area contributed by atoms with E-state index in [0.29, 0.717) is 49.0 Å². The molecule has 30 heavy (non-hydrogen) atoms. The van der Waals surface area contributed by atoms with E-state index in [1.807, 2.05) is 0 Å². The first-order valence-electron chi connectivity index (χ1n) is 12.1. The van der Waals surface area contributed by atoms with Crippen LogP contribution < -0.4 is 0 Å². The van der Waals surface area contributed by atoms with Crippen LogP contribution in [0.1, 0.15) is 65.2 Å². The molecule has 4 aliphatic rings. The van der Waals surface area contributed by atoms with Gasteiger partial charge in [-0.05, 0) is 79.3 Å². The fourth-order valence-corrected chi connectivity index (χ4v) is 7.16. The maximum atomic E-state index is 13.6. The Bertz CT molecular complexity index is 716. The van der Waals surface area contributed by atoms with Gasteiger partial charge in [-0.2, -0.15) is 0 Å². The summed E-state index contributed by atoms with van der Waals surface area (Å²) in [6.07, 6.45) is 10.6. The second-order valence-corrected chi connectivity index (χ2v) is 10.8. The lowest BCUT2D eigenvalue weighted by molar-refractivity contribution is 0.0811. The van der Waals surface area contributed by atoms with Gasteiger partial charge in [-0.3, -0.25) is 0 Å². The summed E-state index contributed by atoms with van der Waals surface area (Å²) < 4.78 is 13.6. The predicted octanol–water partition coefficient (Wildman–Crippen LogP) is 4.81. The molecule has 7 atom stereocenters. The molecule has 0 bridgehead atoms. The Morgan fingerprint density at radius 2 is 2.07 bits per heavy atom. The van der Waals surface area contributed by atoms with Crippen LogP contribution >= 0.6 is 0 Å². The number of fused-ring (bicyclic) bond motifs is 1. The van der Waals surface area contributed by atoms with Crippen LogP contribution in [-0.4, -0.2) is 53.1 Å². The number of allylic oxidation sites excluding steroid dienone is 3. The summed E-state index contributed by atoms with van der Waals surface area (Å²) in [5.41, 5.74) is 3.64. The second-order valence-electron chi connectivity index (χ2n) is 10.8. The zero-order valence-electron chi connectivity index (χ0n) is 18.8. The zero-order chi connectivity index (χ0) is 21.5. The molecular formula is C26H40FNO2. The Morgan fingerprint density at radius 3 is 2.80 bits per heavy atom. The van der Waals surface area contributed by atoms with Gasteiger partial charge in [0.05, 0.1) is 12.2 Å². The minimum Gasteiger partial charge on any atom is -0.393 e. The van der Waals surface area contributed by atoms with Crippen molar-refractivity contribution in [2.45, 2.75) is 83.6 Å². The van der Waals surface area contributed by atoms with E-state index in [-0.39, 0.29) is 0 Å². The smallest absolute Gasteiger partial charge is 0.114 e. The Morgan fingerprint density at radius 1 is 1.27 bits per heavy atom. The van der Waals surface area contributed by atoms with E-state index in [1.54, 1.807) is 5.57 Å². The molecule has 1 heterocycles. The monoisotopic (exact) mass is 417 g/mol. The molecule has 1 saturated heterocycles. The molecule has 4 fully saturated rings. The average molecular weight is 418 g/mol. The van der Waals surface area contributed by atoms with Gasteiger partial charge < -0.3 is 15.1 Å². The number of hydrogen-bond acceptors (Lipinski definition) is 3. The largest absolute Gasteiger partial charge is 0.393 e. The highest BCUT2D eigenvalue weighted by Crippen LogP contribution is 2.59. The molecule has 2 unspecified atom stereocenters. The summed E-state index contributed by atoms with van der Waals surface area (Å²) in [6, 6.07) is 0. The van der Waals surface area contributed by atoms with E-state index in [1.165, 1.54) is 25.7 Å². The van der Waals surface area contributed by atoms with Crippen molar-refractivity contribution >= 4 is 0 Å². The van der Waals surface area contributed by atoms with E-state index in [4.69, 9.17) is 0 Å². The van der Waals surface area contributed by atoms with Crippen LogP contribution in [0.5, 0.6) is 0 Å². The van der Waals surface area contributed by atoms with E-state index in [0.717, 1.165) is 30.7 Å². The summed E-state index contributed by atoms with van der Waals surface area (Å²) >= 11 is 0. The number of halogens is 1. The lowest BCUT2D eigenvalue weighted by Gasteiger charge is -2.45. The molecule has 3 saturated carbocycles. The Balaban J connectivity index is 1.47. The van der Waals surface area contributed by atoms with Gasteiger partial charge in [-0.1, -0.05) is 38.2 Å². The van der Waals surface area contributed by atoms with E-state index in [2.05, 4.69) is 37.5 Å². The molecule has 0 spiro atoms. The number of aliphatic hydroxyl groups excluding tert-OH is 2. The number of alkyl halides is 1. The van der Waals surface area contributed by atoms with Crippen LogP contribution in [0.4, 0.5) is 4.39 Å². The van der Waals surface area contributed by atoms with E-state index in [9.17, 15) is 14.6 Å². The number of nitrogens with zero attached hydrogens (tertiary/aromatic N) is 1. The third-order valence-electron chi connectivity index (χ3n) is 8.75. The maximum Gasteiger partial charge on any atom is 0.114 e. The number of hydrogen-bond donors (Lipinski definition) is 2. The molecule has 0 aromatic heterocycles. The molecule has 2 N–H and O–H groups in total. The first kappa shape index (κ1) is 22.2. The van der Waals surface area contributed by atoms with Gasteiger partial charge in [0.1, 0.15) is 6.17 Å². The van der Waals surface area contributed by atoms with Crippen LogP contribution in [-0.2, 0) is 0 Å². The maximum absolute atomic E-state index is 13.6. The molecule has 168 valence electrons. The van der Waals surface area contributed by atoms with Gasteiger partial charge in [0.25, 0.3) is 0 Å². The average Bonchev–Trinajstić information content (AvgIpc) is 3.25. The van der Waals surface area contributed by atoms with Crippen molar-refractivity contribution in [3.63, 3.8) is 0 Å². The van der Waals surface area contributed by atoms with Gasteiger partial charge in [-0.15, -0.1) is 0 Å². The van der Waals surface area contributed by atoms with Gasteiger partial charge in [0.2, 0.25) is 0 Å². The van der Waals surface area contributed by atoms with Gasteiger partial charge in [0, 0.05) is 26.1 Å². The van der Waals surface area contributed by atoms with Gasteiger partial charge in [0.15, 0.2) is 0 Å². The molecule has 1 aliphatic heterocycles. The number of likely N-dealkylation sites (tertiary alicyclic amines) is 1. The van der Waals surface area contributed by atoms with Gasteiger partial charge in [-0.25, -0.2) is 4.39 Å². The summed E-state index contributed by atoms with van der Waals surface area (Å²) in [5, 5.41) is 20.2. The summed E-state index contributed by atoms with van der Waals surface area (Å²) in [5.74, 6) is 1.92. The van der Waals surface area contributed by atoms with Crippen molar-refractivity contribution in [2.24, 2.45) is 23.2 Å². The number of rotatable bonds is 4. The zero-order valence-corrected chi connectivity index (χ0v) is 18.8. The van der Waals surface area contributed by atoms with E-state index < -0.39 is 18.4 Å². The van der Waals surface area contributed by atoms with Crippen molar-refractivity contribution in [3.05, 3.63) is 35.5 Å². The van der Waals surface area contributed by atoms with Crippen molar-refractivity contribution < 1.29 is 14.6 Å². The fourth-order valence-electron chi connectivity index (χ4n) is 7.16. The van der Waals surface area contributed by atoms with Crippen LogP contribution in [0, 0.1) is 23.2 Å². The Kier molecular flexibility index (Phi) is 6.58. The summed E-state index contributed by atoms with van der Waals surface area (Å²) in [4.78, 5) is 2.33. The standard InChI is InChI=1S/C26H40FNO2/c1-17(15-28-12-10-21(27)16-28)23-8-9-24-19(5-4-11-26(23,24)3)6-7-20-13-22(29)14-25(30)18(20)2/h6-7,17,21-25,29-30H,2,4-5,8-16H2,1,3H3/b19-6+,20-7-/t17-,21-,22?,23+,24-,25?,26+/m0/s1. The lowest BCUT2D eigenvalue weighted by atomic mass is 9.61. The van der Waals surface area contributed by atoms with Crippen LogP contribution in [0.25, 0.3) is 0 Å². The lowest BCUT2D eigenvalue weighted by Crippen LogP contribution is -2.39. The van der Waals surface area contributed by atoms with Crippen LogP contribution in [0.2, 0.25) is 0 Å². The minimum atomic E-state index is -0.632. The van der Waals surface area contributed by atoms with Crippen molar-refractivity contribution in [1.82, 2.24) is 4.90 Å². The first-order valence-corrected chi connectivity index (χ1v) is 12.1. The van der Waals surface area contributed by atoms with Crippen LogP contribution in [0.3, 0.4) is 0 Å². The highest BCUT2D eigenvalue weighted by Gasteiger charge is 2.50. The van der Waals surface area contributed by atoms with Crippen molar-refractivity contribution in [3.8, 4) is 0 Å².